The van der Waals surface area contributed by atoms with Gasteiger partial charge < -0.3 is 15.2 Å². The van der Waals surface area contributed by atoms with Crippen molar-refractivity contribution in [1.29, 1.82) is 0 Å². The third kappa shape index (κ3) is 6.26. The van der Waals surface area contributed by atoms with Crippen LogP contribution in [0.25, 0.3) is 0 Å². The number of piperidine rings is 1. The fourth-order valence-electron chi connectivity index (χ4n) is 2.66. The van der Waals surface area contributed by atoms with Crippen molar-refractivity contribution in [3.8, 4) is 0 Å². The number of rotatable bonds is 6. The molecule has 0 aliphatic carbocycles. The van der Waals surface area contributed by atoms with Crippen LogP contribution >= 0.6 is 23.4 Å². The Bertz CT molecular complexity index is 653. The van der Waals surface area contributed by atoms with Gasteiger partial charge in [0.15, 0.2) is 0 Å². The number of carboxylic acids is 1. The topological polar surface area (TPSA) is 78.9 Å². The maximum atomic E-state index is 11.1. The molecule has 0 spiro atoms. The molecule has 1 aliphatic rings. The monoisotopic (exact) mass is 384 g/mol. The summed E-state index contributed by atoms with van der Waals surface area (Å²) in [5, 5.41) is 12.2. The molecule has 1 aliphatic heterocycles. The van der Waals surface area contributed by atoms with Crippen molar-refractivity contribution < 1.29 is 19.4 Å². The molecule has 6 nitrogen and oxygen atoms in total. The minimum atomic E-state index is -0.965. The van der Waals surface area contributed by atoms with Gasteiger partial charge in [0.05, 0.1) is 0 Å². The maximum absolute atomic E-state index is 11.1. The first kappa shape index (κ1) is 19.6. The first-order valence-corrected chi connectivity index (χ1v) is 9.27. The number of carboxylic acid groups (broad SMARTS) is 1. The van der Waals surface area contributed by atoms with Gasteiger partial charge in [0.1, 0.15) is 5.94 Å². The van der Waals surface area contributed by atoms with Crippen molar-refractivity contribution in [1.82, 2.24) is 10.2 Å². The Balaban J connectivity index is 1.98. The van der Waals surface area contributed by atoms with Crippen LogP contribution < -0.4 is 5.32 Å². The SMILES string of the molecule is CNC(=O)OCSC1CCN(Cc2ccccc2Cl)C/C1=C/C(=O)O. The predicted molar refractivity (Wildman–Crippen MR) is 98.9 cm³/mol. The van der Waals surface area contributed by atoms with E-state index in [0.717, 1.165) is 24.1 Å². The summed E-state index contributed by atoms with van der Waals surface area (Å²) < 4.78 is 4.99. The summed E-state index contributed by atoms with van der Waals surface area (Å²) in [5.74, 6) is -0.779. The molecule has 1 amide bonds. The number of nitrogens with zero attached hydrogens (tertiary/aromatic N) is 1. The molecule has 0 saturated carbocycles. The normalized spacial score (nSPS) is 19.6. The van der Waals surface area contributed by atoms with Crippen LogP contribution in [-0.4, -0.2) is 53.4 Å². The number of hydrogen-bond donors (Lipinski definition) is 2. The number of amides is 1. The number of alkyl carbamates (subject to hydrolysis) is 1. The van der Waals surface area contributed by atoms with E-state index in [-0.39, 0.29) is 11.2 Å². The van der Waals surface area contributed by atoms with Crippen LogP contribution in [-0.2, 0) is 16.1 Å². The van der Waals surface area contributed by atoms with Gasteiger partial charge >= 0.3 is 12.1 Å². The van der Waals surface area contributed by atoms with Crippen molar-refractivity contribution in [3.05, 3.63) is 46.5 Å². The molecule has 2 N–H and O–H groups in total. The molecule has 1 atom stereocenters. The Hall–Kier alpha value is -1.70. The first-order valence-electron chi connectivity index (χ1n) is 7.85. The molecule has 0 aromatic heterocycles. The second-order valence-electron chi connectivity index (χ2n) is 5.60. The molecular formula is C17H21ClN2O4S. The van der Waals surface area contributed by atoms with Crippen LogP contribution in [0.1, 0.15) is 12.0 Å². The van der Waals surface area contributed by atoms with Crippen LogP contribution in [0.2, 0.25) is 5.02 Å². The molecule has 1 unspecified atom stereocenters. The lowest BCUT2D eigenvalue weighted by Gasteiger charge is -2.34. The van der Waals surface area contributed by atoms with E-state index in [0.29, 0.717) is 18.1 Å². The average Bonchev–Trinajstić information content (AvgIpc) is 2.58. The average molecular weight is 385 g/mol. The number of carbonyl (C=O) groups excluding carboxylic acids is 1. The quantitative estimate of drug-likeness (QED) is 0.580. The Morgan fingerprint density at radius 1 is 1.48 bits per heavy atom. The van der Waals surface area contributed by atoms with E-state index in [4.69, 9.17) is 21.4 Å². The minimum Gasteiger partial charge on any atom is -0.478 e. The summed E-state index contributed by atoms with van der Waals surface area (Å²) in [4.78, 5) is 24.4. The largest absolute Gasteiger partial charge is 0.478 e. The Morgan fingerprint density at radius 2 is 2.24 bits per heavy atom. The molecular weight excluding hydrogens is 364 g/mol. The smallest absolute Gasteiger partial charge is 0.407 e. The summed E-state index contributed by atoms with van der Waals surface area (Å²) in [7, 11) is 1.50. The molecule has 8 heteroatoms. The fraction of sp³-hybridized carbons (Fsp3) is 0.412. The molecule has 1 saturated heterocycles. The predicted octanol–water partition coefficient (Wildman–Crippen LogP) is 2.97. The number of ether oxygens (including phenoxy) is 1. The number of benzene rings is 1. The lowest BCUT2D eigenvalue weighted by atomic mass is 10.0. The summed E-state index contributed by atoms with van der Waals surface area (Å²) >= 11 is 7.65. The summed E-state index contributed by atoms with van der Waals surface area (Å²) in [6, 6.07) is 7.65. The minimum absolute atomic E-state index is 0.0169. The third-order valence-electron chi connectivity index (χ3n) is 3.85. The summed E-state index contributed by atoms with van der Waals surface area (Å²) in [6.07, 6.45) is 1.55. The van der Waals surface area contributed by atoms with E-state index in [1.165, 1.54) is 24.9 Å². The molecule has 0 radical (unpaired) electrons. The molecule has 136 valence electrons. The zero-order valence-electron chi connectivity index (χ0n) is 13.9. The van der Waals surface area contributed by atoms with Crippen LogP contribution in [0, 0.1) is 0 Å². The van der Waals surface area contributed by atoms with Crippen molar-refractivity contribution in [3.63, 3.8) is 0 Å². The number of carbonyl (C=O) groups is 2. The third-order valence-corrected chi connectivity index (χ3v) is 5.41. The number of hydrogen-bond acceptors (Lipinski definition) is 5. The lowest BCUT2D eigenvalue weighted by molar-refractivity contribution is -0.131. The molecule has 1 aromatic rings. The zero-order valence-corrected chi connectivity index (χ0v) is 15.5. The summed E-state index contributed by atoms with van der Waals surface area (Å²) in [5.41, 5.74) is 1.84. The van der Waals surface area contributed by atoms with Crippen molar-refractivity contribution >= 4 is 35.4 Å². The molecule has 1 fully saturated rings. The fourth-order valence-corrected chi connectivity index (χ4v) is 3.82. The standard InChI is InChI=1S/C17H21ClN2O4S/c1-19-17(23)24-11-25-15-6-7-20(10-13(15)8-16(21)22)9-12-4-2-3-5-14(12)18/h2-5,8,15H,6-7,9-11H2,1H3,(H,19,23)(H,21,22)/b13-8-. The number of aliphatic carboxylic acids is 1. The van der Waals surface area contributed by atoms with Crippen LogP contribution in [0.4, 0.5) is 4.79 Å². The number of thioether (sulfide) groups is 1. The highest BCUT2D eigenvalue weighted by molar-refractivity contribution is 7.99. The second-order valence-corrected chi connectivity index (χ2v) is 7.15. The van der Waals surface area contributed by atoms with E-state index >= 15 is 0 Å². The Morgan fingerprint density at radius 3 is 2.92 bits per heavy atom. The highest BCUT2D eigenvalue weighted by atomic mass is 35.5. The van der Waals surface area contributed by atoms with E-state index in [9.17, 15) is 9.59 Å². The van der Waals surface area contributed by atoms with Crippen molar-refractivity contribution in [2.24, 2.45) is 0 Å². The van der Waals surface area contributed by atoms with E-state index in [1.807, 2.05) is 24.3 Å². The van der Waals surface area contributed by atoms with Gasteiger partial charge in [-0.25, -0.2) is 9.59 Å². The molecule has 1 aromatic carbocycles. The molecule has 25 heavy (non-hydrogen) atoms. The van der Waals surface area contributed by atoms with Gasteiger partial charge in [-0.1, -0.05) is 29.8 Å². The van der Waals surface area contributed by atoms with Gasteiger partial charge in [0.2, 0.25) is 0 Å². The Kier molecular flexibility index (Phi) is 7.61. The van der Waals surface area contributed by atoms with Crippen molar-refractivity contribution in [2.45, 2.75) is 18.2 Å². The van der Waals surface area contributed by atoms with Gasteiger partial charge in [-0.2, -0.15) is 0 Å². The first-order chi connectivity index (χ1) is 12.0. The molecule has 2 rings (SSSR count). The Labute approximate surface area is 156 Å². The maximum Gasteiger partial charge on any atom is 0.407 e. The summed E-state index contributed by atoms with van der Waals surface area (Å²) in [6.45, 7) is 2.04. The van der Waals surface area contributed by atoms with Crippen LogP contribution in [0.5, 0.6) is 0 Å². The van der Waals surface area contributed by atoms with Gasteiger partial charge in [-0.05, 0) is 23.6 Å². The zero-order chi connectivity index (χ0) is 18.2. The van der Waals surface area contributed by atoms with Gasteiger partial charge in [0.25, 0.3) is 0 Å². The number of nitrogens with one attached hydrogen (secondary N) is 1. The highest BCUT2D eigenvalue weighted by Gasteiger charge is 2.25. The van der Waals surface area contributed by atoms with E-state index in [2.05, 4.69) is 10.2 Å². The number of halogens is 1. The van der Waals surface area contributed by atoms with Gasteiger partial charge in [0, 0.05) is 43.0 Å². The van der Waals surface area contributed by atoms with Crippen LogP contribution in [0.15, 0.2) is 35.9 Å². The van der Waals surface area contributed by atoms with Gasteiger partial charge in [-0.3, -0.25) is 4.90 Å². The second kappa shape index (κ2) is 9.70. The van der Waals surface area contributed by atoms with E-state index in [1.54, 1.807) is 0 Å². The molecule has 1 heterocycles. The highest BCUT2D eigenvalue weighted by Crippen LogP contribution is 2.29. The number of likely N-dealkylation sites (tertiary alicyclic amines) is 1. The van der Waals surface area contributed by atoms with Crippen molar-refractivity contribution in [2.75, 3.05) is 26.1 Å². The van der Waals surface area contributed by atoms with Gasteiger partial charge in [-0.15, -0.1) is 11.8 Å². The van der Waals surface area contributed by atoms with Crippen LogP contribution in [0.3, 0.4) is 0 Å². The lowest BCUT2D eigenvalue weighted by Crippen LogP contribution is -2.37. The molecule has 0 bridgehead atoms. The van der Waals surface area contributed by atoms with E-state index < -0.39 is 12.1 Å².